The molecule has 3 heterocycles. The van der Waals surface area contributed by atoms with Crippen LogP contribution in [0.3, 0.4) is 0 Å². The first-order chi connectivity index (χ1) is 13.1. The number of likely N-dealkylation sites (tertiary alicyclic amines) is 1. The number of carbonyl (C=O) groups excluding carboxylic acids is 2. The maximum absolute atomic E-state index is 13.0. The number of aryl methyl sites for hydroxylation is 1. The molecule has 0 bridgehead atoms. The van der Waals surface area contributed by atoms with Crippen LogP contribution in [0.4, 0.5) is 10.8 Å². The summed E-state index contributed by atoms with van der Waals surface area (Å²) >= 11 is 1.42. The van der Waals surface area contributed by atoms with E-state index < -0.39 is 0 Å². The van der Waals surface area contributed by atoms with E-state index in [0.717, 1.165) is 17.9 Å². The predicted octanol–water partition coefficient (Wildman–Crippen LogP) is 1.88. The van der Waals surface area contributed by atoms with E-state index in [2.05, 4.69) is 27.6 Å². The van der Waals surface area contributed by atoms with Crippen LogP contribution in [0.15, 0.2) is 35.7 Å². The van der Waals surface area contributed by atoms with Crippen LogP contribution in [0.25, 0.3) is 0 Å². The third-order valence-corrected chi connectivity index (χ3v) is 6.12. The lowest BCUT2D eigenvalue weighted by molar-refractivity contribution is -0.126. The molecule has 4 rings (SSSR count). The van der Waals surface area contributed by atoms with Gasteiger partial charge in [0.2, 0.25) is 11.8 Å². The fourth-order valence-corrected chi connectivity index (χ4v) is 4.51. The second-order valence-electron chi connectivity index (χ2n) is 7.01. The fourth-order valence-electron chi connectivity index (χ4n) is 3.82. The van der Waals surface area contributed by atoms with E-state index in [9.17, 15) is 9.59 Å². The van der Waals surface area contributed by atoms with E-state index in [0.29, 0.717) is 18.2 Å². The smallest absolute Gasteiger partial charge is 0.247 e. The number of carbonyl (C=O) groups is 2. The minimum absolute atomic E-state index is 0.0206. The molecule has 1 aromatic heterocycles. The van der Waals surface area contributed by atoms with Gasteiger partial charge in [-0.05, 0) is 25.6 Å². The number of hydrogen-bond donors (Lipinski definition) is 2. The van der Waals surface area contributed by atoms with Gasteiger partial charge in [-0.1, -0.05) is 25.1 Å². The standard InChI is InChI=1S/C19H23N5O2S/c1-3-23-9-14(17(25)21-19-20-12(2)11-27-19)16-15(10-23)18(26)24(22-16)13-7-5-4-6-8-13/h4-8,11,14-16,22H,3,9-10H2,1-2H3,(H,20,21,25). The number of rotatable bonds is 4. The van der Waals surface area contributed by atoms with E-state index in [1.807, 2.05) is 42.6 Å². The number of fused-ring (bicyclic) bond motifs is 1. The number of thiazole rings is 1. The molecule has 2 aliphatic heterocycles. The Morgan fingerprint density at radius 2 is 2.11 bits per heavy atom. The highest BCUT2D eigenvalue weighted by atomic mass is 32.1. The van der Waals surface area contributed by atoms with Crippen LogP contribution < -0.4 is 15.8 Å². The van der Waals surface area contributed by atoms with E-state index in [-0.39, 0.29) is 29.7 Å². The van der Waals surface area contributed by atoms with Crippen molar-refractivity contribution in [3.63, 3.8) is 0 Å². The summed E-state index contributed by atoms with van der Waals surface area (Å²) in [5.74, 6) is -0.641. The van der Waals surface area contributed by atoms with Crippen LogP contribution in [-0.2, 0) is 9.59 Å². The highest BCUT2D eigenvalue weighted by Gasteiger charge is 2.50. The molecule has 0 spiro atoms. The Bertz CT molecular complexity index is 840. The average molecular weight is 385 g/mol. The number of amides is 2. The third kappa shape index (κ3) is 3.47. The van der Waals surface area contributed by atoms with Crippen molar-refractivity contribution < 1.29 is 9.59 Å². The lowest BCUT2D eigenvalue weighted by Gasteiger charge is -2.37. The third-order valence-electron chi connectivity index (χ3n) is 5.24. The molecular weight excluding hydrogens is 362 g/mol. The molecule has 2 saturated heterocycles. The van der Waals surface area contributed by atoms with Crippen molar-refractivity contribution in [2.75, 3.05) is 30.0 Å². The van der Waals surface area contributed by atoms with Gasteiger partial charge in [0.1, 0.15) is 0 Å². The van der Waals surface area contributed by atoms with E-state index in [4.69, 9.17) is 0 Å². The van der Waals surface area contributed by atoms with Crippen LogP contribution in [0.1, 0.15) is 12.6 Å². The maximum Gasteiger partial charge on any atom is 0.247 e. The van der Waals surface area contributed by atoms with Gasteiger partial charge in [-0.2, -0.15) is 0 Å². The van der Waals surface area contributed by atoms with Gasteiger partial charge in [0.05, 0.1) is 29.3 Å². The van der Waals surface area contributed by atoms with E-state index in [1.165, 1.54) is 11.3 Å². The first kappa shape index (κ1) is 18.1. The van der Waals surface area contributed by atoms with Gasteiger partial charge in [-0.25, -0.2) is 15.4 Å². The van der Waals surface area contributed by atoms with Crippen LogP contribution >= 0.6 is 11.3 Å². The summed E-state index contributed by atoms with van der Waals surface area (Å²) in [4.78, 5) is 32.5. The second-order valence-corrected chi connectivity index (χ2v) is 7.87. The van der Waals surface area contributed by atoms with Gasteiger partial charge >= 0.3 is 0 Å². The Balaban J connectivity index is 1.58. The number of anilines is 2. The first-order valence-corrected chi connectivity index (χ1v) is 10.1. The Morgan fingerprint density at radius 3 is 2.78 bits per heavy atom. The summed E-state index contributed by atoms with van der Waals surface area (Å²) in [6.07, 6.45) is 0. The zero-order valence-corrected chi connectivity index (χ0v) is 16.2. The number of hydrogen-bond acceptors (Lipinski definition) is 6. The number of aromatic nitrogens is 1. The topological polar surface area (TPSA) is 77.6 Å². The van der Waals surface area contributed by atoms with Gasteiger partial charge in [-0.15, -0.1) is 11.3 Å². The zero-order chi connectivity index (χ0) is 19.0. The molecule has 3 atom stereocenters. The van der Waals surface area contributed by atoms with Crippen LogP contribution in [-0.4, -0.2) is 47.4 Å². The summed E-state index contributed by atoms with van der Waals surface area (Å²) in [5, 5.41) is 7.04. The van der Waals surface area contributed by atoms with Crippen LogP contribution in [0.2, 0.25) is 0 Å². The number of piperidine rings is 1. The van der Waals surface area contributed by atoms with Gasteiger partial charge in [0.25, 0.3) is 0 Å². The molecule has 2 amide bonds. The van der Waals surface area contributed by atoms with Crippen molar-refractivity contribution in [1.29, 1.82) is 0 Å². The Hall–Kier alpha value is -2.29. The fraction of sp³-hybridized carbons (Fsp3) is 0.421. The van der Waals surface area contributed by atoms with Gasteiger partial charge in [0.15, 0.2) is 5.13 Å². The van der Waals surface area contributed by atoms with E-state index in [1.54, 1.807) is 5.01 Å². The predicted molar refractivity (Wildman–Crippen MR) is 105 cm³/mol. The van der Waals surface area contributed by atoms with Crippen molar-refractivity contribution in [3.8, 4) is 0 Å². The molecule has 2 aliphatic rings. The molecule has 3 unspecified atom stereocenters. The molecule has 0 saturated carbocycles. The molecular formula is C19H23N5O2S. The lowest BCUT2D eigenvalue weighted by atomic mass is 9.84. The minimum atomic E-state index is -0.328. The normalized spacial score (nSPS) is 25.5. The molecule has 2 N–H and O–H groups in total. The molecule has 7 nitrogen and oxygen atoms in total. The summed E-state index contributed by atoms with van der Waals surface area (Å²) in [5.41, 5.74) is 4.99. The van der Waals surface area contributed by atoms with Gasteiger partial charge in [0, 0.05) is 18.5 Å². The van der Waals surface area contributed by atoms with Gasteiger partial charge in [-0.3, -0.25) is 9.59 Å². The summed E-state index contributed by atoms with van der Waals surface area (Å²) in [6.45, 7) is 6.05. The highest BCUT2D eigenvalue weighted by molar-refractivity contribution is 7.13. The molecule has 2 fully saturated rings. The SMILES string of the molecule is CCN1CC(C(=O)Nc2nc(C)cs2)C2NN(c3ccccc3)C(=O)C2C1. The second kappa shape index (κ2) is 7.38. The summed E-state index contributed by atoms with van der Waals surface area (Å²) < 4.78 is 0. The van der Waals surface area contributed by atoms with Crippen molar-refractivity contribution in [2.24, 2.45) is 11.8 Å². The quantitative estimate of drug-likeness (QED) is 0.840. The Kier molecular flexibility index (Phi) is 4.94. The number of nitrogens with one attached hydrogen (secondary N) is 2. The number of hydrazine groups is 1. The Labute approximate surface area is 162 Å². The summed E-state index contributed by atoms with van der Waals surface area (Å²) in [7, 11) is 0. The lowest BCUT2D eigenvalue weighted by Crippen LogP contribution is -2.55. The number of nitrogens with zero attached hydrogens (tertiary/aromatic N) is 3. The maximum atomic E-state index is 13.0. The molecule has 8 heteroatoms. The van der Waals surface area contributed by atoms with Crippen molar-refractivity contribution >= 4 is 34.0 Å². The van der Waals surface area contributed by atoms with Gasteiger partial charge < -0.3 is 10.2 Å². The van der Waals surface area contributed by atoms with E-state index >= 15 is 0 Å². The molecule has 2 aromatic rings. The monoisotopic (exact) mass is 385 g/mol. The number of benzene rings is 1. The first-order valence-electron chi connectivity index (χ1n) is 9.17. The van der Waals surface area contributed by atoms with Crippen molar-refractivity contribution in [3.05, 3.63) is 41.4 Å². The van der Waals surface area contributed by atoms with Crippen LogP contribution in [0, 0.1) is 18.8 Å². The molecule has 1 aromatic carbocycles. The number of para-hydroxylation sites is 1. The molecule has 142 valence electrons. The van der Waals surface area contributed by atoms with Crippen molar-refractivity contribution in [1.82, 2.24) is 15.3 Å². The summed E-state index contributed by atoms with van der Waals surface area (Å²) in [6, 6.07) is 9.29. The molecule has 0 radical (unpaired) electrons. The highest BCUT2D eigenvalue weighted by Crippen LogP contribution is 2.32. The average Bonchev–Trinajstić information content (AvgIpc) is 3.24. The Morgan fingerprint density at radius 1 is 1.33 bits per heavy atom. The minimum Gasteiger partial charge on any atom is -0.302 e. The van der Waals surface area contributed by atoms with Crippen molar-refractivity contribution in [2.45, 2.75) is 19.9 Å². The largest absolute Gasteiger partial charge is 0.302 e. The zero-order valence-electron chi connectivity index (χ0n) is 15.4. The molecule has 27 heavy (non-hydrogen) atoms. The van der Waals surface area contributed by atoms with Crippen LogP contribution in [0.5, 0.6) is 0 Å². The molecule has 0 aliphatic carbocycles.